The molecule has 1 amide bonds. The van der Waals surface area contributed by atoms with E-state index in [4.69, 9.17) is 9.47 Å². The number of rotatable bonds is 7. The van der Waals surface area contributed by atoms with Gasteiger partial charge in [-0.15, -0.1) is 0 Å². The SMILES string of the molecule is COc1ccc(CCC(=O)Nc2c3c(nn2-c2ccc(OC)cc2)CS(=O)(=O)C3)cc1. The van der Waals surface area contributed by atoms with Gasteiger partial charge in [0.2, 0.25) is 5.91 Å². The highest BCUT2D eigenvalue weighted by molar-refractivity contribution is 7.90. The lowest BCUT2D eigenvalue weighted by Gasteiger charge is -2.12. The van der Waals surface area contributed by atoms with Crippen molar-refractivity contribution < 1.29 is 22.7 Å². The first-order chi connectivity index (χ1) is 14.9. The zero-order chi connectivity index (χ0) is 22.0. The van der Waals surface area contributed by atoms with Crippen LogP contribution in [0, 0.1) is 0 Å². The van der Waals surface area contributed by atoms with Gasteiger partial charge in [0.05, 0.1) is 37.1 Å². The Balaban J connectivity index is 1.56. The second-order valence-corrected chi connectivity index (χ2v) is 9.38. The van der Waals surface area contributed by atoms with Gasteiger partial charge in [0, 0.05) is 12.0 Å². The first kappa shape index (κ1) is 20.9. The molecular weight excluding hydrogens is 418 g/mol. The van der Waals surface area contributed by atoms with Crippen molar-refractivity contribution in [1.29, 1.82) is 0 Å². The van der Waals surface area contributed by atoms with Gasteiger partial charge in [-0.2, -0.15) is 5.10 Å². The van der Waals surface area contributed by atoms with Crippen LogP contribution < -0.4 is 14.8 Å². The van der Waals surface area contributed by atoms with E-state index >= 15 is 0 Å². The van der Waals surface area contributed by atoms with E-state index in [2.05, 4.69) is 10.4 Å². The molecule has 0 saturated heterocycles. The average molecular weight is 442 g/mol. The number of ether oxygens (including phenoxy) is 2. The fraction of sp³-hybridized carbons (Fsp3) is 0.273. The van der Waals surface area contributed by atoms with Gasteiger partial charge in [0.15, 0.2) is 9.84 Å². The van der Waals surface area contributed by atoms with Crippen molar-refractivity contribution in [2.24, 2.45) is 0 Å². The molecule has 0 spiro atoms. The van der Waals surface area contributed by atoms with E-state index in [0.29, 0.717) is 34.9 Å². The minimum Gasteiger partial charge on any atom is -0.497 e. The van der Waals surface area contributed by atoms with Crippen molar-refractivity contribution in [3.63, 3.8) is 0 Å². The lowest BCUT2D eigenvalue weighted by molar-refractivity contribution is -0.116. The zero-order valence-electron chi connectivity index (χ0n) is 17.3. The number of hydrogen-bond acceptors (Lipinski definition) is 6. The van der Waals surface area contributed by atoms with Crippen LogP contribution in [0.1, 0.15) is 23.2 Å². The van der Waals surface area contributed by atoms with Crippen LogP contribution in [-0.4, -0.2) is 38.3 Å². The Hall–Kier alpha value is -3.33. The van der Waals surface area contributed by atoms with Gasteiger partial charge in [0.25, 0.3) is 0 Å². The molecule has 0 radical (unpaired) electrons. The van der Waals surface area contributed by atoms with E-state index in [1.807, 2.05) is 36.4 Å². The normalized spacial score (nSPS) is 14.1. The van der Waals surface area contributed by atoms with Crippen LogP contribution in [0.3, 0.4) is 0 Å². The Morgan fingerprint density at radius 3 is 2.23 bits per heavy atom. The molecule has 1 N–H and O–H groups in total. The zero-order valence-corrected chi connectivity index (χ0v) is 18.1. The first-order valence-electron chi connectivity index (χ1n) is 9.77. The lowest BCUT2D eigenvalue weighted by atomic mass is 10.1. The molecule has 8 nitrogen and oxygen atoms in total. The Labute approximate surface area is 180 Å². The Bertz CT molecular complexity index is 1200. The van der Waals surface area contributed by atoms with E-state index in [9.17, 15) is 13.2 Å². The van der Waals surface area contributed by atoms with Gasteiger partial charge >= 0.3 is 0 Å². The molecule has 31 heavy (non-hydrogen) atoms. The summed E-state index contributed by atoms with van der Waals surface area (Å²) in [6, 6.07) is 14.7. The second kappa shape index (κ2) is 8.43. The second-order valence-electron chi connectivity index (χ2n) is 7.31. The number of aryl methyl sites for hydroxylation is 1. The summed E-state index contributed by atoms with van der Waals surface area (Å²) in [5.41, 5.74) is 2.74. The number of methoxy groups -OCH3 is 2. The summed E-state index contributed by atoms with van der Waals surface area (Å²) in [5, 5.41) is 7.36. The third kappa shape index (κ3) is 4.56. The maximum absolute atomic E-state index is 12.7. The van der Waals surface area contributed by atoms with Gasteiger partial charge in [-0.1, -0.05) is 12.1 Å². The molecular formula is C22H23N3O5S. The highest BCUT2D eigenvalue weighted by Gasteiger charge is 2.33. The number of carbonyl (C=O) groups excluding carboxylic acids is 1. The van der Waals surface area contributed by atoms with Crippen LogP contribution in [0.5, 0.6) is 11.5 Å². The molecule has 1 aliphatic rings. The molecule has 0 aliphatic carbocycles. The van der Waals surface area contributed by atoms with Crippen molar-refractivity contribution in [3.05, 3.63) is 65.4 Å². The molecule has 1 aromatic heterocycles. The summed E-state index contributed by atoms with van der Waals surface area (Å²) in [5.74, 6) is 1.38. The largest absolute Gasteiger partial charge is 0.497 e. The predicted molar refractivity (Wildman–Crippen MR) is 116 cm³/mol. The molecule has 3 aromatic rings. The molecule has 0 fully saturated rings. The van der Waals surface area contributed by atoms with Crippen molar-refractivity contribution in [3.8, 4) is 17.2 Å². The number of nitrogens with zero attached hydrogens (tertiary/aromatic N) is 2. The molecule has 9 heteroatoms. The van der Waals surface area contributed by atoms with Crippen LogP contribution in [0.15, 0.2) is 48.5 Å². The summed E-state index contributed by atoms with van der Waals surface area (Å²) in [6.07, 6.45) is 0.800. The minimum atomic E-state index is -3.25. The van der Waals surface area contributed by atoms with Crippen LogP contribution in [0.4, 0.5) is 5.82 Å². The first-order valence-corrected chi connectivity index (χ1v) is 11.6. The molecule has 0 unspecified atom stereocenters. The van der Waals surface area contributed by atoms with E-state index in [1.165, 1.54) is 0 Å². The number of nitrogens with one attached hydrogen (secondary N) is 1. The van der Waals surface area contributed by atoms with Crippen LogP contribution >= 0.6 is 0 Å². The number of fused-ring (bicyclic) bond motifs is 1. The van der Waals surface area contributed by atoms with E-state index < -0.39 is 9.84 Å². The Morgan fingerprint density at radius 1 is 1.00 bits per heavy atom. The quantitative estimate of drug-likeness (QED) is 0.605. The van der Waals surface area contributed by atoms with Crippen LogP contribution in [-0.2, 0) is 32.6 Å². The third-order valence-electron chi connectivity index (χ3n) is 5.16. The standard InChI is InChI=1S/C22H23N3O5S/c1-29-17-8-3-15(4-9-17)5-12-21(26)23-22-19-13-31(27,28)14-20(19)24-25(22)16-6-10-18(30-2)11-7-16/h3-4,6-11H,5,12-14H2,1-2H3,(H,23,26). The van der Waals surface area contributed by atoms with Crippen molar-refractivity contribution in [1.82, 2.24) is 9.78 Å². The van der Waals surface area contributed by atoms with E-state index in [1.54, 1.807) is 31.0 Å². The third-order valence-corrected chi connectivity index (χ3v) is 6.60. The predicted octanol–water partition coefficient (Wildman–Crippen LogP) is 2.89. The molecule has 0 bridgehead atoms. The number of benzene rings is 2. The fourth-order valence-corrected chi connectivity index (χ4v) is 5.02. The highest BCUT2D eigenvalue weighted by Crippen LogP contribution is 2.33. The number of anilines is 1. The molecule has 4 rings (SSSR count). The van der Waals surface area contributed by atoms with Gasteiger partial charge in [-0.05, 0) is 48.4 Å². The molecule has 2 heterocycles. The monoisotopic (exact) mass is 441 g/mol. The van der Waals surface area contributed by atoms with Gasteiger partial charge in [0.1, 0.15) is 17.3 Å². The smallest absolute Gasteiger partial charge is 0.225 e. The lowest BCUT2D eigenvalue weighted by Crippen LogP contribution is -2.17. The number of hydrogen-bond donors (Lipinski definition) is 1. The van der Waals surface area contributed by atoms with E-state index in [0.717, 1.165) is 11.3 Å². The molecule has 0 saturated carbocycles. The van der Waals surface area contributed by atoms with Crippen molar-refractivity contribution in [2.45, 2.75) is 24.3 Å². The number of sulfone groups is 1. The molecule has 0 atom stereocenters. The number of amides is 1. The van der Waals surface area contributed by atoms with Gasteiger partial charge in [-0.3, -0.25) is 4.79 Å². The van der Waals surface area contributed by atoms with Gasteiger partial charge in [-0.25, -0.2) is 13.1 Å². The average Bonchev–Trinajstić information content (AvgIpc) is 3.25. The summed E-state index contributed by atoms with van der Waals surface area (Å²) < 4.78 is 36.1. The van der Waals surface area contributed by atoms with Gasteiger partial charge < -0.3 is 14.8 Å². The topological polar surface area (TPSA) is 99.5 Å². The molecule has 2 aromatic carbocycles. The molecule has 1 aliphatic heterocycles. The maximum Gasteiger partial charge on any atom is 0.225 e. The maximum atomic E-state index is 12.7. The summed E-state index contributed by atoms with van der Waals surface area (Å²) >= 11 is 0. The highest BCUT2D eigenvalue weighted by atomic mass is 32.2. The summed E-state index contributed by atoms with van der Waals surface area (Å²) in [4.78, 5) is 12.7. The fourth-order valence-electron chi connectivity index (χ4n) is 3.53. The number of aromatic nitrogens is 2. The van der Waals surface area contributed by atoms with Crippen molar-refractivity contribution in [2.75, 3.05) is 19.5 Å². The summed E-state index contributed by atoms with van der Waals surface area (Å²) in [7, 11) is -0.0665. The van der Waals surface area contributed by atoms with Crippen LogP contribution in [0.2, 0.25) is 0 Å². The van der Waals surface area contributed by atoms with Crippen molar-refractivity contribution >= 4 is 21.6 Å². The molecule has 162 valence electrons. The van der Waals surface area contributed by atoms with Crippen LogP contribution in [0.25, 0.3) is 5.69 Å². The Kier molecular flexibility index (Phi) is 5.69. The Morgan fingerprint density at radius 2 is 1.61 bits per heavy atom. The minimum absolute atomic E-state index is 0.125. The number of carbonyl (C=O) groups is 1. The summed E-state index contributed by atoms with van der Waals surface area (Å²) in [6.45, 7) is 0. The van der Waals surface area contributed by atoms with E-state index in [-0.39, 0.29) is 23.8 Å².